The molecule has 0 aliphatic carbocycles. The highest BCUT2D eigenvalue weighted by Gasteiger charge is 2.24. The summed E-state index contributed by atoms with van der Waals surface area (Å²) in [7, 11) is 1.32. The van der Waals surface area contributed by atoms with Crippen LogP contribution in [0.15, 0.2) is 61.1 Å². The van der Waals surface area contributed by atoms with Crippen molar-refractivity contribution in [3.05, 3.63) is 95.1 Å². The summed E-state index contributed by atoms with van der Waals surface area (Å²) in [6.45, 7) is 6.20. The molecule has 0 bridgehead atoms. The molecule has 5 rings (SSSR count). The van der Waals surface area contributed by atoms with Crippen molar-refractivity contribution in [2.75, 3.05) is 37.4 Å². The van der Waals surface area contributed by atoms with Crippen molar-refractivity contribution in [1.82, 2.24) is 19.4 Å². The molecule has 2 aromatic heterocycles. The molecule has 0 spiro atoms. The summed E-state index contributed by atoms with van der Waals surface area (Å²) in [4.78, 5) is 35.6. The second kappa shape index (κ2) is 15.5. The number of carbonyl (C=O) groups excluding carboxylic acids is 2. The first kappa shape index (κ1) is 33.3. The average Bonchev–Trinajstić information content (AvgIpc) is 3.53. The van der Waals surface area contributed by atoms with E-state index in [0.717, 1.165) is 17.8 Å². The minimum Gasteiger partial charge on any atom is -0.474 e. The fraction of sp³-hybridized carbons (Fsp3) is 0.353. The number of anilines is 2. The molecule has 0 atom stereocenters. The van der Waals surface area contributed by atoms with E-state index in [0.29, 0.717) is 55.0 Å². The van der Waals surface area contributed by atoms with Crippen LogP contribution in [0, 0.1) is 18.6 Å². The summed E-state index contributed by atoms with van der Waals surface area (Å²) in [6, 6.07) is 12.3. The standard InChI is InChI=1S/C34H38F2N6O5/c1-4-42-21-37-17-25(42)18-38-30-16-23(34(44)45-3)7-9-29(30)39-31(43)19-41-13-11-26(12-14-41)47-32-10-8-27(35)33(40-32)46-20-24-6-5-22(2)15-28(24)36/h5-10,15-17,21,26,38H,4,11-14,18-20H2,1-3H3,(H,39,43). The molecule has 3 heterocycles. The van der Waals surface area contributed by atoms with Crippen LogP contribution < -0.4 is 20.1 Å². The number of amides is 1. The molecule has 1 aliphatic heterocycles. The van der Waals surface area contributed by atoms with Gasteiger partial charge in [-0.2, -0.15) is 4.98 Å². The van der Waals surface area contributed by atoms with Gasteiger partial charge >= 0.3 is 5.97 Å². The van der Waals surface area contributed by atoms with Gasteiger partial charge in [0.05, 0.1) is 49.2 Å². The number of hydrogen-bond acceptors (Lipinski definition) is 9. The first-order chi connectivity index (χ1) is 22.7. The number of nitrogens with zero attached hydrogens (tertiary/aromatic N) is 4. The zero-order valence-corrected chi connectivity index (χ0v) is 26.6. The van der Waals surface area contributed by atoms with E-state index in [1.54, 1.807) is 49.8 Å². The Kier molecular flexibility index (Phi) is 11.0. The van der Waals surface area contributed by atoms with Crippen LogP contribution in [-0.4, -0.2) is 64.2 Å². The highest BCUT2D eigenvalue weighted by Crippen LogP contribution is 2.26. The number of piperidine rings is 1. The Morgan fingerprint density at radius 3 is 2.57 bits per heavy atom. The summed E-state index contributed by atoms with van der Waals surface area (Å²) in [5.41, 5.74) is 3.50. The highest BCUT2D eigenvalue weighted by molar-refractivity contribution is 5.98. The number of hydrogen-bond donors (Lipinski definition) is 2. The Bertz CT molecular complexity index is 1710. The van der Waals surface area contributed by atoms with Crippen molar-refractivity contribution in [3.8, 4) is 11.8 Å². The molecule has 4 aromatic rings. The van der Waals surface area contributed by atoms with E-state index in [4.69, 9.17) is 14.2 Å². The number of rotatable bonds is 13. The number of esters is 1. The molecule has 248 valence electrons. The van der Waals surface area contributed by atoms with E-state index < -0.39 is 17.6 Å². The van der Waals surface area contributed by atoms with Gasteiger partial charge in [0.25, 0.3) is 5.88 Å². The Morgan fingerprint density at radius 1 is 1.02 bits per heavy atom. The van der Waals surface area contributed by atoms with Gasteiger partial charge in [-0.25, -0.2) is 18.6 Å². The van der Waals surface area contributed by atoms with E-state index >= 15 is 0 Å². The van der Waals surface area contributed by atoms with Gasteiger partial charge in [0.2, 0.25) is 11.8 Å². The fourth-order valence-corrected chi connectivity index (χ4v) is 5.25. The monoisotopic (exact) mass is 648 g/mol. The molecule has 1 amide bonds. The lowest BCUT2D eigenvalue weighted by molar-refractivity contribution is -0.117. The average molecular weight is 649 g/mol. The Labute approximate surface area is 271 Å². The number of pyridine rings is 1. The lowest BCUT2D eigenvalue weighted by atomic mass is 10.1. The topological polar surface area (TPSA) is 120 Å². The Morgan fingerprint density at radius 2 is 1.83 bits per heavy atom. The summed E-state index contributed by atoms with van der Waals surface area (Å²) >= 11 is 0. The summed E-state index contributed by atoms with van der Waals surface area (Å²) < 4.78 is 46.9. The van der Waals surface area contributed by atoms with Crippen LogP contribution in [-0.2, 0) is 29.2 Å². The number of carbonyl (C=O) groups is 2. The van der Waals surface area contributed by atoms with Gasteiger partial charge in [0.1, 0.15) is 18.5 Å². The lowest BCUT2D eigenvalue weighted by Crippen LogP contribution is -2.42. The number of aromatic nitrogens is 3. The highest BCUT2D eigenvalue weighted by atomic mass is 19.1. The molecule has 47 heavy (non-hydrogen) atoms. The first-order valence-corrected chi connectivity index (χ1v) is 15.4. The number of ether oxygens (including phenoxy) is 3. The Hall–Kier alpha value is -5.04. The third-order valence-electron chi connectivity index (χ3n) is 7.86. The van der Waals surface area contributed by atoms with Gasteiger partial charge in [0.15, 0.2) is 5.82 Å². The summed E-state index contributed by atoms with van der Waals surface area (Å²) in [5, 5.41) is 6.27. The molecule has 1 fully saturated rings. The van der Waals surface area contributed by atoms with E-state index in [-0.39, 0.29) is 36.9 Å². The number of methoxy groups -OCH3 is 1. The van der Waals surface area contributed by atoms with Crippen molar-refractivity contribution >= 4 is 23.3 Å². The minimum absolute atomic E-state index is 0.163. The van der Waals surface area contributed by atoms with Gasteiger partial charge in [0, 0.05) is 37.5 Å². The maximum Gasteiger partial charge on any atom is 0.337 e. The second-order valence-electron chi connectivity index (χ2n) is 11.2. The molecule has 1 saturated heterocycles. The maximum absolute atomic E-state index is 14.4. The molecule has 11 nitrogen and oxygen atoms in total. The molecule has 0 saturated carbocycles. The van der Waals surface area contributed by atoms with Crippen LogP contribution in [0.1, 0.15) is 46.9 Å². The van der Waals surface area contributed by atoms with Crippen molar-refractivity contribution < 1.29 is 32.6 Å². The van der Waals surface area contributed by atoms with Gasteiger partial charge in [-0.15, -0.1) is 0 Å². The van der Waals surface area contributed by atoms with Crippen LogP contribution >= 0.6 is 0 Å². The smallest absolute Gasteiger partial charge is 0.337 e. The predicted octanol–water partition coefficient (Wildman–Crippen LogP) is 5.34. The van der Waals surface area contributed by atoms with Gasteiger partial charge in [-0.3, -0.25) is 9.69 Å². The zero-order valence-electron chi connectivity index (χ0n) is 26.6. The summed E-state index contributed by atoms with van der Waals surface area (Å²) in [6.07, 6.45) is 4.58. The van der Waals surface area contributed by atoms with E-state index in [1.165, 1.54) is 25.3 Å². The van der Waals surface area contributed by atoms with Gasteiger partial charge < -0.3 is 29.4 Å². The molecule has 0 unspecified atom stereocenters. The molecule has 2 N–H and O–H groups in total. The van der Waals surface area contributed by atoms with E-state index in [1.807, 2.05) is 16.4 Å². The van der Waals surface area contributed by atoms with Crippen LogP contribution in [0.3, 0.4) is 0 Å². The van der Waals surface area contributed by atoms with Crippen molar-refractivity contribution in [3.63, 3.8) is 0 Å². The molecule has 1 aliphatic rings. The van der Waals surface area contributed by atoms with Crippen LogP contribution in [0.5, 0.6) is 11.8 Å². The SMILES string of the molecule is CCn1cncc1CNc1cc(C(=O)OC)ccc1NC(=O)CN1CCC(Oc2ccc(F)c(OCc3ccc(C)cc3F)n2)CC1. The van der Waals surface area contributed by atoms with E-state index in [9.17, 15) is 18.4 Å². The van der Waals surface area contributed by atoms with Gasteiger partial charge in [-0.05, 0) is 62.6 Å². The lowest BCUT2D eigenvalue weighted by Gasteiger charge is -2.31. The second-order valence-corrected chi connectivity index (χ2v) is 11.2. The number of aryl methyl sites for hydroxylation is 2. The van der Waals surface area contributed by atoms with Crippen molar-refractivity contribution in [2.24, 2.45) is 0 Å². The molecular weight excluding hydrogens is 610 g/mol. The zero-order chi connectivity index (χ0) is 33.3. The number of halogens is 2. The van der Waals surface area contributed by atoms with E-state index in [2.05, 4.69) is 20.6 Å². The third kappa shape index (κ3) is 8.82. The molecule has 2 aromatic carbocycles. The first-order valence-electron chi connectivity index (χ1n) is 15.4. The number of likely N-dealkylation sites (tertiary alicyclic amines) is 1. The van der Waals surface area contributed by atoms with Crippen molar-refractivity contribution in [2.45, 2.75) is 52.5 Å². The quantitative estimate of drug-likeness (QED) is 0.185. The number of nitrogens with one attached hydrogen (secondary N) is 2. The van der Waals surface area contributed by atoms with Crippen LogP contribution in [0.25, 0.3) is 0 Å². The Balaban J connectivity index is 1.13. The van der Waals surface area contributed by atoms with Gasteiger partial charge in [-0.1, -0.05) is 12.1 Å². The largest absolute Gasteiger partial charge is 0.474 e. The molecular formula is C34H38F2N6O5. The van der Waals surface area contributed by atoms with Crippen LogP contribution in [0.2, 0.25) is 0 Å². The maximum atomic E-state index is 14.4. The fourth-order valence-electron chi connectivity index (χ4n) is 5.25. The third-order valence-corrected chi connectivity index (χ3v) is 7.86. The van der Waals surface area contributed by atoms with Crippen LogP contribution in [0.4, 0.5) is 20.2 Å². The number of benzene rings is 2. The molecule has 0 radical (unpaired) electrons. The van der Waals surface area contributed by atoms with Crippen molar-refractivity contribution in [1.29, 1.82) is 0 Å². The number of imidazole rings is 1. The minimum atomic E-state index is -0.670. The molecule has 13 heteroatoms. The summed E-state index contributed by atoms with van der Waals surface area (Å²) in [5.74, 6) is -1.84. The predicted molar refractivity (Wildman–Crippen MR) is 171 cm³/mol. The normalized spacial score (nSPS) is 13.6.